The Bertz CT molecular complexity index is 669. The number of nitrogens with zero attached hydrogens (tertiary/aromatic N) is 3. The molecule has 0 saturated carbocycles. The molecule has 0 aliphatic carbocycles. The molecule has 1 amide bonds. The van der Waals surface area contributed by atoms with Crippen LogP contribution in [0, 0.1) is 0 Å². The van der Waals surface area contributed by atoms with Gasteiger partial charge in [0.05, 0.1) is 24.8 Å². The van der Waals surface area contributed by atoms with Gasteiger partial charge in [-0.2, -0.15) is 0 Å². The van der Waals surface area contributed by atoms with Gasteiger partial charge in [-0.3, -0.25) is 9.63 Å². The van der Waals surface area contributed by atoms with Crippen molar-refractivity contribution in [1.82, 2.24) is 5.48 Å². The summed E-state index contributed by atoms with van der Waals surface area (Å²) >= 11 is 0. The van der Waals surface area contributed by atoms with Crippen LogP contribution >= 0.6 is 0 Å². The summed E-state index contributed by atoms with van der Waals surface area (Å²) in [4.78, 5) is 28.0. The van der Waals surface area contributed by atoms with E-state index >= 15 is 0 Å². The first-order chi connectivity index (χ1) is 12.5. The number of hydrogen-bond acceptors (Lipinski definition) is 8. The molecular weight excluding hydrogens is 340 g/mol. The molecule has 1 rings (SSSR count). The Balaban J connectivity index is 2.83. The van der Waals surface area contributed by atoms with Crippen molar-refractivity contribution in [2.24, 2.45) is 10.3 Å². The second kappa shape index (κ2) is 11.5. The summed E-state index contributed by atoms with van der Waals surface area (Å²) in [5.74, 6) is 2.42. The lowest BCUT2D eigenvalue weighted by atomic mass is 10.1. The molecule has 26 heavy (non-hydrogen) atoms. The second-order valence-corrected chi connectivity index (χ2v) is 5.22. The Labute approximate surface area is 152 Å². The van der Waals surface area contributed by atoms with Crippen LogP contribution in [0.1, 0.15) is 19.4 Å². The Kier molecular flexibility index (Phi) is 9.30. The normalized spacial score (nSPS) is 10.2. The Morgan fingerprint density at radius 3 is 2.73 bits per heavy atom. The number of oxime groups is 1. The van der Waals surface area contributed by atoms with Crippen molar-refractivity contribution in [3.63, 3.8) is 0 Å². The molecule has 9 heteroatoms. The van der Waals surface area contributed by atoms with Gasteiger partial charge in [0.25, 0.3) is 11.8 Å². The maximum absolute atomic E-state index is 12.0. The molecule has 1 N–H and O–H groups in total. The van der Waals surface area contributed by atoms with Gasteiger partial charge in [0.15, 0.2) is 0 Å². The standard InChI is InChI=1S/C17H24N4O5/c1-13(2)26-16(20-24-5)10-19-25-12-14-8-6-7-9-15(14)21(3)17(22)11-18-23-4/h6-9,11,13,20H,12H2,1-5H3. The Morgan fingerprint density at radius 2 is 2.08 bits per heavy atom. The number of hydroxylamine groups is 1. The third-order valence-corrected chi connectivity index (χ3v) is 2.93. The molecule has 0 atom stereocenters. The number of nitrogens with one attached hydrogen (secondary N) is 1. The van der Waals surface area contributed by atoms with Crippen molar-refractivity contribution in [3.8, 4) is 0 Å². The molecule has 0 aliphatic heterocycles. The molecule has 0 unspecified atom stereocenters. The molecule has 9 nitrogen and oxygen atoms in total. The van der Waals surface area contributed by atoms with E-state index in [2.05, 4.69) is 26.5 Å². The van der Waals surface area contributed by atoms with Gasteiger partial charge in [0, 0.05) is 12.6 Å². The van der Waals surface area contributed by atoms with Gasteiger partial charge in [0.2, 0.25) is 0 Å². The molecule has 142 valence electrons. The van der Waals surface area contributed by atoms with Gasteiger partial charge in [0.1, 0.15) is 19.9 Å². The van der Waals surface area contributed by atoms with Gasteiger partial charge in [-0.15, -0.1) is 0 Å². The van der Waals surface area contributed by atoms with Crippen LogP contribution in [0.3, 0.4) is 0 Å². The second-order valence-electron chi connectivity index (χ2n) is 5.22. The Morgan fingerprint density at radius 1 is 1.35 bits per heavy atom. The smallest absolute Gasteiger partial charge is 0.280 e. The van der Waals surface area contributed by atoms with E-state index < -0.39 is 0 Å². The van der Waals surface area contributed by atoms with Gasteiger partial charge >= 0.3 is 0 Å². The molecule has 0 spiro atoms. The van der Waals surface area contributed by atoms with Crippen molar-refractivity contribution < 1.29 is 24.0 Å². The topological polar surface area (TPSA) is 94.0 Å². The Hall–Kier alpha value is -3.03. The highest BCUT2D eigenvalue weighted by molar-refractivity contribution is 6.32. The predicted octanol–water partition coefficient (Wildman–Crippen LogP) is 1.80. The van der Waals surface area contributed by atoms with Crippen LogP contribution in [-0.2, 0) is 30.7 Å². The molecule has 0 bridgehead atoms. The first-order valence-corrected chi connectivity index (χ1v) is 7.82. The highest BCUT2D eigenvalue weighted by atomic mass is 16.7. The molecular formula is C17H24N4O5. The number of para-hydroxylation sites is 1. The van der Waals surface area contributed by atoms with Crippen molar-refractivity contribution in [1.29, 1.82) is 0 Å². The van der Waals surface area contributed by atoms with E-state index in [9.17, 15) is 4.79 Å². The third kappa shape index (κ3) is 7.25. The lowest BCUT2D eigenvalue weighted by molar-refractivity contribution is -0.112. The average Bonchev–Trinajstić information content (AvgIpc) is 2.62. The zero-order valence-corrected chi connectivity index (χ0v) is 15.6. The fraction of sp³-hybridized carbons (Fsp3) is 0.412. The number of anilines is 1. The average molecular weight is 364 g/mol. The third-order valence-electron chi connectivity index (χ3n) is 2.93. The zero-order chi connectivity index (χ0) is 19.4. The largest absolute Gasteiger partial charge is 0.468 e. The summed E-state index contributed by atoms with van der Waals surface area (Å²) in [5, 5.41) is 7.20. The van der Waals surface area contributed by atoms with Gasteiger partial charge < -0.3 is 19.3 Å². The fourth-order valence-corrected chi connectivity index (χ4v) is 1.84. The summed E-state index contributed by atoms with van der Waals surface area (Å²) < 4.78 is 5.39. The number of benzene rings is 1. The van der Waals surface area contributed by atoms with Gasteiger partial charge in [-0.05, 0) is 25.1 Å². The lowest BCUT2D eigenvalue weighted by Gasteiger charge is -2.18. The van der Waals surface area contributed by atoms with E-state index in [0.29, 0.717) is 5.69 Å². The van der Waals surface area contributed by atoms with Crippen molar-refractivity contribution in [2.75, 3.05) is 26.2 Å². The van der Waals surface area contributed by atoms with Gasteiger partial charge in [-0.25, -0.2) is 5.48 Å². The lowest BCUT2D eigenvalue weighted by Crippen LogP contribution is -2.28. The molecule has 0 heterocycles. The SMILES string of the molecule is CON=CC(=O)N(C)c1ccccc1CON=C=C(NOC)OC(C)C. The molecule has 0 saturated heterocycles. The number of ether oxygens (including phenoxy) is 1. The van der Waals surface area contributed by atoms with E-state index in [1.165, 1.54) is 19.1 Å². The van der Waals surface area contributed by atoms with Crippen LogP contribution in [0.15, 0.2) is 40.5 Å². The highest BCUT2D eigenvalue weighted by Gasteiger charge is 2.13. The van der Waals surface area contributed by atoms with Crippen LogP contribution in [0.25, 0.3) is 0 Å². The molecule has 1 aromatic carbocycles. The van der Waals surface area contributed by atoms with Gasteiger partial charge in [-0.1, -0.05) is 23.4 Å². The van der Waals surface area contributed by atoms with Crippen LogP contribution < -0.4 is 10.4 Å². The van der Waals surface area contributed by atoms with E-state index in [-0.39, 0.29) is 24.5 Å². The predicted molar refractivity (Wildman–Crippen MR) is 97.5 cm³/mol. The van der Waals surface area contributed by atoms with E-state index in [1.807, 2.05) is 32.0 Å². The van der Waals surface area contributed by atoms with Crippen molar-refractivity contribution in [2.45, 2.75) is 26.6 Å². The fourth-order valence-electron chi connectivity index (χ4n) is 1.84. The molecule has 0 fully saturated rings. The first kappa shape index (κ1) is 21.0. The molecule has 1 aromatic rings. The number of amides is 1. The van der Waals surface area contributed by atoms with Crippen LogP contribution in [0.5, 0.6) is 0 Å². The summed E-state index contributed by atoms with van der Waals surface area (Å²) in [7, 11) is 4.44. The molecule has 0 radical (unpaired) electrons. The van der Waals surface area contributed by atoms with E-state index in [1.54, 1.807) is 13.1 Å². The minimum atomic E-state index is -0.334. The molecule has 0 aromatic heterocycles. The quantitative estimate of drug-likeness (QED) is 0.386. The van der Waals surface area contributed by atoms with Crippen molar-refractivity contribution >= 4 is 23.7 Å². The van der Waals surface area contributed by atoms with Crippen LogP contribution in [-0.4, -0.2) is 45.4 Å². The minimum Gasteiger partial charge on any atom is -0.468 e. The summed E-state index contributed by atoms with van der Waals surface area (Å²) in [6.07, 6.45) is 1.01. The number of rotatable bonds is 10. The maximum atomic E-state index is 12.0. The van der Waals surface area contributed by atoms with Crippen LogP contribution in [0.2, 0.25) is 0 Å². The van der Waals surface area contributed by atoms with Crippen molar-refractivity contribution in [3.05, 3.63) is 35.7 Å². The van der Waals surface area contributed by atoms with E-state index in [4.69, 9.17) is 14.4 Å². The first-order valence-electron chi connectivity index (χ1n) is 7.82. The summed E-state index contributed by atoms with van der Waals surface area (Å²) in [5.41, 5.74) is 3.92. The number of carbonyl (C=O) groups is 1. The number of carbonyl (C=O) groups excluding carboxylic acids is 1. The van der Waals surface area contributed by atoms with E-state index in [0.717, 1.165) is 11.8 Å². The maximum Gasteiger partial charge on any atom is 0.280 e. The zero-order valence-electron chi connectivity index (χ0n) is 15.6. The summed E-state index contributed by atoms with van der Waals surface area (Å²) in [6.45, 7) is 3.84. The number of hydrogen-bond donors (Lipinski definition) is 1. The van der Waals surface area contributed by atoms with Crippen LogP contribution in [0.4, 0.5) is 5.69 Å². The summed E-state index contributed by atoms with van der Waals surface area (Å²) in [6, 6.07) is 7.26. The monoisotopic (exact) mass is 364 g/mol. The minimum absolute atomic E-state index is 0.0792. The highest BCUT2D eigenvalue weighted by Crippen LogP contribution is 2.20. The molecule has 0 aliphatic rings.